The van der Waals surface area contributed by atoms with Crippen molar-refractivity contribution in [2.75, 3.05) is 45.2 Å². The van der Waals surface area contributed by atoms with Gasteiger partial charge in [0.15, 0.2) is 5.96 Å². The monoisotopic (exact) mass is 381 g/mol. The first-order valence-corrected chi connectivity index (χ1v) is 9.91. The number of hydrogen-bond donors (Lipinski definition) is 1. The van der Waals surface area contributed by atoms with E-state index in [0.29, 0.717) is 13.2 Å². The van der Waals surface area contributed by atoms with Crippen molar-refractivity contribution in [2.45, 2.75) is 26.5 Å². The fraction of sp³-hybridized carbons (Fsp3) is 0.455. The quantitative estimate of drug-likeness (QED) is 0.637. The average molecular weight is 382 g/mol. The van der Waals surface area contributed by atoms with Gasteiger partial charge in [-0.3, -0.25) is 0 Å². The Morgan fingerprint density at radius 1 is 1.32 bits per heavy atom. The summed E-state index contributed by atoms with van der Waals surface area (Å²) in [6, 6.07) is 12.6. The van der Waals surface area contributed by atoms with Crippen molar-refractivity contribution in [3.05, 3.63) is 59.3 Å². The van der Waals surface area contributed by atoms with Crippen LogP contribution >= 0.6 is 0 Å². The zero-order valence-corrected chi connectivity index (χ0v) is 17.4. The van der Waals surface area contributed by atoms with E-state index in [1.807, 2.05) is 31.3 Å². The molecule has 150 valence electrons. The van der Waals surface area contributed by atoms with Gasteiger partial charge in [0.2, 0.25) is 0 Å². The standard InChI is InChI=1S/C22H31N5O/c1-5-23-22(25-15-18-10-11-24-21(14-18)26(3)4)27-12-13-28-20(16-27)19-9-7-6-8-17(19)2/h6-11,14,20H,5,12-13,15-16H2,1-4H3,(H,23,25). The van der Waals surface area contributed by atoms with Crippen molar-refractivity contribution in [2.24, 2.45) is 4.99 Å². The average Bonchev–Trinajstić information content (AvgIpc) is 2.72. The van der Waals surface area contributed by atoms with Crippen LogP contribution in [-0.4, -0.2) is 56.2 Å². The second kappa shape index (κ2) is 9.55. The van der Waals surface area contributed by atoms with Crippen molar-refractivity contribution in [1.29, 1.82) is 0 Å². The molecule has 1 aromatic heterocycles. The molecule has 1 fully saturated rings. The Bertz CT molecular complexity index is 805. The Labute approximate surface area is 168 Å². The third-order valence-electron chi connectivity index (χ3n) is 4.92. The van der Waals surface area contributed by atoms with Gasteiger partial charge in [-0.1, -0.05) is 24.3 Å². The van der Waals surface area contributed by atoms with Crippen molar-refractivity contribution in [3.63, 3.8) is 0 Å². The molecule has 0 spiro atoms. The van der Waals surface area contributed by atoms with Gasteiger partial charge >= 0.3 is 0 Å². The normalized spacial score (nSPS) is 17.5. The van der Waals surface area contributed by atoms with Gasteiger partial charge in [-0.05, 0) is 42.7 Å². The molecule has 1 saturated heterocycles. The number of nitrogens with zero attached hydrogens (tertiary/aromatic N) is 4. The predicted octanol–water partition coefficient (Wildman–Crippen LogP) is 3.00. The lowest BCUT2D eigenvalue weighted by molar-refractivity contribution is -0.00834. The number of aryl methyl sites for hydroxylation is 1. The number of pyridine rings is 1. The Morgan fingerprint density at radius 2 is 2.14 bits per heavy atom. The van der Waals surface area contributed by atoms with Gasteiger partial charge in [0, 0.05) is 33.4 Å². The summed E-state index contributed by atoms with van der Waals surface area (Å²) in [5, 5.41) is 3.44. The highest BCUT2D eigenvalue weighted by Crippen LogP contribution is 2.25. The van der Waals surface area contributed by atoms with Crippen LogP contribution in [0.3, 0.4) is 0 Å². The Morgan fingerprint density at radius 3 is 2.89 bits per heavy atom. The van der Waals surface area contributed by atoms with E-state index in [0.717, 1.165) is 37.0 Å². The van der Waals surface area contributed by atoms with E-state index in [1.54, 1.807) is 0 Å². The summed E-state index contributed by atoms with van der Waals surface area (Å²) < 4.78 is 6.07. The highest BCUT2D eigenvalue weighted by Gasteiger charge is 2.25. The van der Waals surface area contributed by atoms with Gasteiger partial charge in [0.1, 0.15) is 11.9 Å². The van der Waals surface area contributed by atoms with Gasteiger partial charge in [-0.25, -0.2) is 9.98 Å². The van der Waals surface area contributed by atoms with Crippen molar-refractivity contribution >= 4 is 11.8 Å². The summed E-state index contributed by atoms with van der Waals surface area (Å²) in [5.41, 5.74) is 3.68. The van der Waals surface area contributed by atoms with Crippen LogP contribution < -0.4 is 10.2 Å². The highest BCUT2D eigenvalue weighted by atomic mass is 16.5. The molecule has 3 rings (SSSR count). The maximum Gasteiger partial charge on any atom is 0.194 e. The number of guanidine groups is 1. The van der Waals surface area contributed by atoms with Crippen LogP contribution in [0.4, 0.5) is 5.82 Å². The molecule has 6 heteroatoms. The zero-order valence-electron chi connectivity index (χ0n) is 17.4. The smallest absolute Gasteiger partial charge is 0.194 e. The molecule has 0 aliphatic carbocycles. The van der Waals surface area contributed by atoms with E-state index < -0.39 is 0 Å². The number of aromatic nitrogens is 1. The third kappa shape index (κ3) is 5.01. The molecule has 0 radical (unpaired) electrons. The van der Waals surface area contributed by atoms with E-state index in [4.69, 9.17) is 9.73 Å². The van der Waals surface area contributed by atoms with Crippen LogP contribution in [0.15, 0.2) is 47.6 Å². The molecule has 1 aromatic carbocycles. The number of nitrogens with one attached hydrogen (secondary N) is 1. The molecular formula is C22H31N5O. The minimum atomic E-state index is 0.0695. The number of rotatable bonds is 5. The Balaban J connectivity index is 1.74. The minimum absolute atomic E-state index is 0.0695. The molecule has 1 aliphatic heterocycles. The van der Waals surface area contributed by atoms with Gasteiger partial charge in [-0.15, -0.1) is 0 Å². The SMILES string of the molecule is CCNC(=NCc1ccnc(N(C)C)c1)N1CCOC(c2ccccc2C)C1. The minimum Gasteiger partial charge on any atom is -0.370 e. The molecular weight excluding hydrogens is 350 g/mol. The first kappa shape index (κ1) is 20.1. The molecule has 2 aromatic rings. The molecule has 0 amide bonds. The van der Waals surface area contributed by atoms with E-state index in [-0.39, 0.29) is 6.10 Å². The molecule has 1 atom stereocenters. The van der Waals surface area contributed by atoms with Crippen LogP contribution in [0.25, 0.3) is 0 Å². The highest BCUT2D eigenvalue weighted by molar-refractivity contribution is 5.80. The number of ether oxygens (including phenoxy) is 1. The summed E-state index contributed by atoms with van der Waals surface area (Å²) >= 11 is 0. The van der Waals surface area contributed by atoms with Gasteiger partial charge in [0.25, 0.3) is 0 Å². The summed E-state index contributed by atoms with van der Waals surface area (Å²) in [6.07, 6.45) is 1.91. The number of hydrogen-bond acceptors (Lipinski definition) is 4. The Hall–Kier alpha value is -2.60. The molecule has 0 bridgehead atoms. The van der Waals surface area contributed by atoms with E-state index in [1.165, 1.54) is 11.1 Å². The molecule has 2 heterocycles. The maximum absolute atomic E-state index is 6.07. The first-order valence-electron chi connectivity index (χ1n) is 9.91. The van der Waals surface area contributed by atoms with Crippen LogP contribution in [0.2, 0.25) is 0 Å². The van der Waals surface area contributed by atoms with Gasteiger partial charge in [-0.2, -0.15) is 0 Å². The van der Waals surface area contributed by atoms with Gasteiger partial charge in [0.05, 0.1) is 19.7 Å². The second-order valence-corrected chi connectivity index (χ2v) is 7.25. The van der Waals surface area contributed by atoms with Gasteiger partial charge < -0.3 is 19.9 Å². The van der Waals surface area contributed by atoms with Crippen LogP contribution in [0, 0.1) is 6.92 Å². The number of morpholine rings is 1. The van der Waals surface area contributed by atoms with Crippen molar-refractivity contribution in [1.82, 2.24) is 15.2 Å². The summed E-state index contributed by atoms with van der Waals surface area (Å²) in [6.45, 7) is 8.05. The molecule has 1 N–H and O–H groups in total. The second-order valence-electron chi connectivity index (χ2n) is 7.25. The number of benzene rings is 1. The van der Waals surface area contributed by atoms with Crippen molar-refractivity contribution < 1.29 is 4.74 Å². The van der Waals surface area contributed by atoms with Crippen LogP contribution in [0.1, 0.15) is 29.7 Å². The third-order valence-corrected chi connectivity index (χ3v) is 4.92. The fourth-order valence-electron chi connectivity index (χ4n) is 3.37. The van der Waals surface area contributed by atoms with Crippen molar-refractivity contribution in [3.8, 4) is 0 Å². The first-order chi connectivity index (χ1) is 13.6. The number of aliphatic imine (C=N–C) groups is 1. The van der Waals surface area contributed by atoms with E-state index in [2.05, 4.69) is 59.4 Å². The molecule has 0 saturated carbocycles. The Kier molecular flexibility index (Phi) is 6.87. The van der Waals surface area contributed by atoms with Crippen LogP contribution in [0.5, 0.6) is 0 Å². The lowest BCUT2D eigenvalue weighted by Crippen LogP contribution is -2.48. The summed E-state index contributed by atoms with van der Waals surface area (Å²) in [5.74, 6) is 1.89. The predicted molar refractivity (Wildman–Crippen MR) is 115 cm³/mol. The molecule has 6 nitrogen and oxygen atoms in total. The largest absolute Gasteiger partial charge is 0.370 e. The summed E-state index contributed by atoms with van der Waals surface area (Å²) in [7, 11) is 4.00. The molecule has 1 unspecified atom stereocenters. The lowest BCUT2D eigenvalue weighted by atomic mass is 10.0. The molecule has 1 aliphatic rings. The topological polar surface area (TPSA) is 53.0 Å². The van der Waals surface area contributed by atoms with E-state index in [9.17, 15) is 0 Å². The number of anilines is 1. The maximum atomic E-state index is 6.07. The zero-order chi connectivity index (χ0) is 19.9. The van der Waals surface area contributed by atoms with E-state index >= 15 is 0 Å². The lowest BCUT2D eigenvalue weighted by Gasteiger charge is -2.35. The molecule has 28 heavy (non-hydrogen) atoms. The fourth-order valence-corrected chi connectivity index (χ4v) is 3.37. The van der Waals surface area contributed by atoms with Crippen LogP contribution in [-0.2, 0) is 11.3 Å². The summed E-state index contributed by atoms with van der Waals surface area (Å²) in [4.78, 5) is 13.6.